The highest BCUT2D eigenvalue weighted by Gasteiger charge is 2.06. The molecule has 1 unspecified atom stereocenters. The fourth-order valence-corrected chi connectivity index (χ4v) is 2.43. The average molecular weight is 322 g/mol. The van der Waals surface area contributed by atoms with E-state index in [0.29, 0.717) is 6.04 Å². The van der Waals surface area contributed by atoms with Gasteiger partial charge in [-0.25, -0.2) is 4.98 Å². The van der Waals surface area contributed by atoms with Gasteiger partial charge in [0.05, 0.1) is 0 Å². The fourth-order valence-electron chi connectivity index (χ4n) is 2.43. The Kier molecular flexibility index (Phi) is 9.41. The number of imidazole rings is 1. The number of unbranched alkanes of at least 4 members (excludes halogenated alkanes) is 1. The Bertz CT molecular complexity index is 450. The van der Waals surface area contributed by atoms with E-state index in [2.05, 4.69) is 47.9 Å². The van der Waals surface area contributed by atoms with E-state index in [1.807, 2.05) is 19.3 Å². The van der Waals surface area contributed by atoms with Crippen molar-refractivity contribution in [1.82, 2.24) is 20.2 Å². The molecule has 1 rings (SSSR count). The van der Waals surface area contributed by atoms with Crippen molar-refractivity contribution >= 4 is 5.96 Å². The maximum atomic E-state index is 4.69. The summed E-state index contributed by atoms with van der Waals surface area (Å²) in [6.45, 7) is 13.7. The molecule has 0 saturated carbocycles. The van der Waals surface area contributed by atoms with Crippen LogP contribution in [0.3, 0.4) is 0 Å². The molecule has 5 heteroatoms. The van der Waals surface area contributed by atoms with Gasteiger partial charge in [-0.2, -0.15) is 0 Å². The maximum absolute atomic E-state index is 4.69. The Hall–Kier alpha value is -1.52. The lowest BCUT2D eigenvalue weighted by Gasteiger charge is -2.18. The van der Waals surface area contributed by atoms with Crippen molar-refractivity contribution in [3.63, 3.8) is 0 Å². The van der Waals surface area contributed by atoms with Crippen LogP contribution < -0.4 is 10.6 Å². The van der Waals surface area contributed by atoms with E-state index in [1.54, 1.807) is 0 Å². The highest BCUT2D eigenvalue weighted by molar-refractivity contribution is 5.79. The molecule has 0 amide bonds. The number of nitrogens with zero attached hydrogens (tertiary/aromatic N) is 3. The smallest absolute Gasteiger partial charge is 0.191 e. The van der Waals surface area contributed by atoms with Crippen LogP contribution in [-0.4, -0.2) is 34.6 Å². The Morgan fingerprint density at radius 1 is 1.26 bits per heavy atom. The first kappa shape index (κ1) is 19.5. The highest BCUT2D eigenvalue weighted by Crippen LogP contribution is 2.06. The van der Waals surface area contributed by atoms with Gasteiger partial charge in [0.25, 0.3) is 0 Å². The molecular weight excluding hydrogens is 286 g/mol. The summed E-state index contributed by atoms with van der Waals surface area (Å²) < 4.78 is 2.20. The largest absolute Gasteiger partial charge is 0.357 e. The van der Waals surface area contributed by atoms with Gasteiger partial charge < -0.3 is 15.2 Å². The first-order valence-electron chi connectivity index (χ1n) is 9.05. The lowest BCUT2D eigenvalue weighted by atomic mass is 10.0. The minimum absolute atomic E-state index is 0.462. The van der Waals surface area contributed by atoms with Crippen LogP contribution in [0, 0.1) is 12.8 Å². The van der Waals surface area contributed by atoms with E-state index in [9.17, 15) is 0 Å². The predicted molar refractivity (Wildman–Crippen MR) is 98.8 cm³/mol. The summed E-state index contributed by atoms with van der Waals surface area (Å²) >= 11 is 0. The van der Waals surface area contributed by atoms with Gasteiger partial charge in [0.1, 0.15) is 5.82 Å². The molecule has 1 aromatic heterocycles. The molecule has 1 atom stereocenters. The zero-order chi connectivity index (χ0) is 17.1. The molecule has 0 aliphatic heterocycles. The van der Waals surface area contributed by atoms with Crippen molar-refractivity contribution in [3.8, 4) is 0 Å². The van der Waals surface area contributed by atoms with Gasteiger partial charge in [-0.15, -0.1) is 0 Å². The van der Waals surface area contributed by atoms with Gasteiger partial charge >= 0.3 is 0 Å². The van der Waals surface area contributed by atoms with Crippen LogP contribution in [0.5, 0.6) is 0 Å². The highest BCUT2D eigenvalue weighted by atomic mass is 15.2. The summed E-state index contributed by atoms with van der Waals surface area (Å²) in [5.74, 6) is 2.79. The van der Waals surface area contributed by atoms with Gasteiger partial charge in [-0.1, -0.05) is 13.8 Å². The van der Waals surface area contributed by atoms with Crippen molar-refractivity contribution in [2.45, 2.75) is 72.9 Å². The quantitative estimate of drug-likeness (QED) is 0.395. The minimum Gasteiger partial charge on any atom is -0.357 e. The van der Waals surface area contributed by atoms with E-state index < -0.39 is 0 Å². The zero-order valence-corrected chi connectivity index (χ0v) is 15.6. The molecule has 1 heterocycles. The molecule has 5 nitrogen and oxygen atoms in total. The van der Waals surface area contributed by atoms with Crippen LogP contribution in [0.4, 0.5) is 0 Å². The summed E-state index contributed by atoms with van der Waals surface area (Å²) in [5, 5.41) is 6.85. The first-order chi connectivity index (χ1) is 11.0. The van der Waals surface area contributed by atoms with Crippen molar-refractivity contribution < 1.29 is 0 Å². The molecule has 0 radical (unpaired) electrons. The second-order valence-electron chi connectivity index (χ2n) is 6.65. The van der Waals surface area contributed by atoms with Crippen LogP contribution in [-0.2, 0) is 6.54 Å². The third-order valence-corrected chi connectivity index (χ3v) is 3.91. The predicted octanol–water partition coefficient (Wildman–Crippen LogP) is 3.35. The molecule has 0 saturated heterocycles. The zero-order valence-electron chi connectivity index (χ0n) is 15.6. The topological polar surface area (TPSA) is 54.2 Å². The minimum atomic E-state index is 0.462. The Labute approximate surface area is 142 Å². The van der Waals surface area contributed by atoms with Gasteiger partial charge in [0.15, 0.2) is 5.96 Å². The lowest BCUT2D eigenvalue weighted by molar-refractivity contribution is 0.489. The Morgan fingerprint density at radius 2 is 2.04 bits per heavy atom. The van der Waals surface area contributed by atoms with Gasteiger partial charge in [-0.3, -0.25) is 4.99 Å². The van der Waals surface area contributed by atoms with Crippen molar-refractivity contribution in [1.29, 1.82) is 0 Å². The summed E-state index contributed by atoms with van der Waals surface area (Å²) in [7, 11) is 0. The second kappa shape index (κ2) is 11.1. The third-order valence-electron chi connectivity index (χ3n) is 3.91. The van der Waals surface area contributed by atoms with E-state index >= 15 is 0 Å². The number of hydrogen-bond acceptors (Lipinski definition) is 2. The molecule has 0 bridgehead atoms. The number of hydrogen-bond donors (Lipinski definition) is 2. The molecular formula is C18H35N5. The van der Waals surface area contributed by atoms with Crippen molar-refractivity contribution in [3.05, 3.63) is 18.2 Å². The number of aryl methyl sites for hydroxylation is 2. The normalized spacial score (nSPS) is 13.4. The van der Waals surface area contributed by atoms with E-state index in [1.165, 1.54) is 12.8 Å². The standard InChI is InChI=1S/C18H35N5/c1-6-19-18(22-16(4)10-9-15(2)3)21-11-7-8-13-23-14-12-20-17(23)5/h12,14-16H,6-11,13H2,1-5H3,(H2,19,21,22). The number of aromatic nitrogens is 2. The first-order valence-corrected chi connectivity index (χ1v) is 9.05. The number of nitrogens with one attached hydrogen (secondary N) is 2. The fraction of sp³-hybridized carbons (Fsp3) is 0.778. The van der Waals surface area contributed by atoms with E-state index in [-0.39, 0.29) is 0 Å². The Balaban J connectivity index is 2.29. The average Bonchev–Trinajstić information content (AvgIpc) is 2.90. The molecule has 0 spiro atoms. The molecule has 2 N–H and O–H groups in total. The summed E-state index contributed by atoms with van der Waals surface area (Å²) in [4.78, 5) is 8.94. The van der Waals surface area contributed by atoms with Crippen molar-refractivity contribution in [2.75, 3.05) is 13.1 Å². The van der Waals surface area contributed by atoms with E-state index in [4.69, 9.17) is 4.99 Å². The number of guanidine groups is 1. The summed E-state index contributed by atoms with van der Waals surface area (Å²) in [6, 6.07) is 0.462. The number of aliphatic imine (C=N–C) groups is 1. The summed E-state index contributed by atoms with van der Waals surface area (Å²) in [5.41, 5.74) is 0. The molecule has 0 aliphatic rings. The molecule has 0 aromatic carbocycles. The molecule has 132 valence electrons. The van der Waals surface area contributed by atoms with Crippen molar-refractivity contribution in [2.24, 2.45) is 10.9 Å². The van der Waals surface area contributed by atoms with Gasteiger partial charge in [0.2, 0.25) is 0 Å². The molecule has 23 heavy (non-hydrogen) atoms. The lowest BCUT2D eigenvalue weighted by Crippen LogP contribution is -2.42. The molecule has 0 aliphatic carbocycles. The third kappa shape index (κ3) is 8.62. The maximum Gasteiger partial charge on any atom is 0.191 e. The SMILES string of the molecule is CCNC(=NCCCCn1ccnc1C)NC(C)CCC(C)C. The Morgan fingerprint density at radius 3 is 2.65 bits per heavy atom. The van der Waals surface area contributed by atoms with Crippen LogP contribution in [0.25, 0.3) is 0 Å². The van der Waals surface area contributed by atoms with Crippen LogP contribution >= 0.6 is 0 Å². The molecule has 0 fully saturated rings. The van der Waals surface area contributed by atoms with Gasteiger partial charge in [-0.05, 0) is 52.4 Å². The number of rotatable bonds is 10. The second-order valence-corrected chi connectivity index (χ2v) is 6.65. The van der Waals surface area contributed by atoms with Gasteiger partial charge in [0, 0.05) is 38.1 Å². The van der Waals surface area contributed by atoms with E-state index in [0.717, 1.165) is 50.2 Å². The summed E-state index contributed by atoms with van der Waals surface area (Å²) in [6.07, 6.45) is 8.55. The van der Waals surface area contributed by atoms with Crippen LogP contribution in [0.15, 0.2) is 17.4 Å². The van der Waals surface area contributed by atoms with Crippen LogP contribution in [0.2, 0.25) is 0 Å². The van der Waals surface area contributed by atoms with Crippen LogP contribution in [0.1, 0.15) is 59.2 Å². The monoisotopic (exact) mass is 321 g/mol. The molecule has 1 aromatic rings.